The summed E-state index contributed by atoms with van der Waals surface area (Å²) in [5.74, 6) is 1.09. The number of carbonyl (C=O) groups excluding carboxylic acids is 1. The number of nitrogens with one attached hydrogen (secondary N) is 2. The number of para-hydroxylation sites is 1. The molecule has 0 aliphatic rings. The minimum atomic E-state index is -0.604. The van der Waals surface area contributed by atoms with Crippen LogP contribution in [0.2, 0.25) is 0 Å². The Bertz CT molecular complexity index is 681. The maximum Gasteiger partial charge on any atom is 0.417 e. The summed E-state index contributed by atoms with van der Waals surface area (Å²) in [5, 5.41) is 15.8. The highest BCUT2D eigenvalue weighted by atomic mass is 16.6. The Kier molecular flexibility index (Phi) is 7.00. The molecule has 0 spiro atoms. The van der Waals surface area contributed by atoms with Gasteiger partial charge in [0.05, 0.1) is 0 Å². The Morgan fingerprint density at radius 2 is 1.69 bits per heavy atom. The predicted molar refractivity (Wildman–Crippen MR) is 102 cm³/mol. The minimum absolute atomic E-state index is 0.0529. The number of rotatable bonds is 7. The lowest BCUT2D eigenvalue weighted by Gasteiger charge is -2.23. The fraction of sp³-hybridized carbons (Fsp3) is 0.350. The number of benzene rings is 2. The van der Waals surface area contributed by atoms with E-state index >= 15 is 0 Å². The fourth-order valence-electron chi connectivity index (χ4n) is 2.05. The highest BCUT2D eigenvalue weighted by Crippen LogP contribution is 2.17. The standard InChI is InChI=1S/C20H26N2O4/c1-20(2,3)21-13-16(23)14-25-17-11-9-15(10-12-17)22-19(24)26-18-7-5-4-6-8-18/h4-12,16,21,23H,13-14H2,1-3H3,(H,22,24). The lowest BCUT2D eigenvalue weighted by molar-refractivity contribution is 0.100. The number of hydrogen-bond acceptors (Lipinski definition) is 5. The van der Waals surface area contributed by atoms with E-state index in [-0.39, 0.29) is 12.1 Å². The van der Waals surface area contributed by atoms with Crippen LogP contribution in [0, 0.1) is 0 Å². The van der Waals surface area contributed by atoms with Crippen molar-refractivity contribution in [3.05, 3.63) is 54.6 Å². The molecule has 2 aromatic rings. The van der Waals surface area contributed by atoms with E-state index in [1.807, 2.05) is 26.8 Å². The molecule has 0 saturated carbocycles. The van der Waals surface area contributed by atoms with Crippen LogP contribution in [0.4, 0.5) is 10.5 Å². The summed E-state index contributed by atoms with van der Waals surface area (Å²) in [5.41, 5.74) is 0.538. The maximum atomic E-state index is 11.8. The summed E-state index contributed by atoms with van der Waals surface area (Å²) >= 11 is 0. The number of anilines is 1. The number of aliphatic hydroxyl groups is 1. The zero-order valence-corrected chi connectivity index (χ0v) is 15.4. The first-order valence-electron chi connectivity index (χ1n) is 8.52. The van der Waals surface area contributed by atoms with Crippen molar-refractivity contribution in [2.75, 3.05) is 18.5 Å². The van der Waals surface area contributed by atoms with E-state index in [0.29, 0.717) is 23.7 Å². The summed E-state index contributed by atoms with van der Waals surface area (Å²) < 4.78 is 10.7. The molecule has 0 heterocycles. The summed E-state index contributed by atoms with van der Waals surface area (Å²) in [4.78, 5) is 11.8. The second-order valence-corrected chi connectivity index (χ2v) is 6.95. The second-order valence-electron chi connectivity index (χ2n) is 6.95. The summed E-state index contributed by atoms with van der Waals surface area (Å²) in [7, 11) is 0. The van der Waals surface area contributed by atoms with Crippen LogP contribution < -0.4 is 20.1 Å². The largest absolute Gasteiger partial charge is 0.491 e. The molecule has 2 aromatic carbocycles. The van der Waals surface area contributed by atoms with Gasteiger partial charge in [-0.3, -0.25) is 5.32 Å². The molecular formula is C20H26N2O4. The van der Waals surface area contributed by atoms with E-state index < -0.39 is 12.2 Å². The quantitative estimate of drug-likeness (QED) is 0.707. The molecule has 0 radical (unpaired) electrons. The van der Waals surface area contributed by atoms with E-state index in [1.165, 1.54) is 0 Å². The van der Waals surface area contributed by atoms with Crippen LogP contribution in [0.15, 0.2) is 54.6 Å². The first-order valence-corrected chi connectivity index (χ1v) is 8.52. The molecule has 0 aromatic heterocycles. The first kappa shape index (κ1) is 19.8. The molecule has 6 nitrogen and oxygen atoms in total. The topological polar surface area (TPSA) is 79.8 Å². The molecule has 140 valence electrons. The lowest BCUT2D eigenvalue weighted by atomic mass is 10.1. The smallest absolute Gasteiger partial charge is 0.417 e. The third-order valence-electron chi connectivity index (χ3n) is 3.36. The van der Waals surface area contributed by atoms with Crippen molar-refractivity contribution < 1.29 is 19.4 Å². The van der Waals surface area contributed by atoms with Crippen LogP contribution in [0.25, 0.3) is 0 Å². The number of carbonyl (C=O) groups is 1. The monoisotopic (exact) mass is 358 g/mol. The van der Waals surface area contributed by atoms with Gasteiger partial charge in [-0.25, -0.2) is 4.79 Å². The maximum absolute atomic E-state index is 11.8. The van der Waals surface area contributed by atoms with Crippen molar-refractivity contribution in [1.29, 1.82) is 0 Å². The van der Waals surface area contributed by atoms with Gasteiger partial charge in [-0.05, 0) is 57.2 Å². The molecule has 0 bridgehead atoms. The number of ether oxygens (including phenoxy) is 2. The van der Waals surface area contributed by atoms with Gasteiger partial charge in [0.1, 0.15) is 24.2 Å². The van der Waals surface area contributed by atoms with Crippen LogP contribution in [-0.4, -0.2) is 36.0 Å². The molecule has 3 N–H and O–H groups in total. The van der Waals surface area contributed by atoms with E-state index in [2.05, 4.69) is 10.6 Å². The first-order chi connectivity index (χ1) is 12.3. The number of hydrogen-bond donors (Lipinski definition) is 3. The SMILES string of the molecule is CC(C)(C)NCC(O)COc1ccc(NC(=O)Oc2ccccc2)cc1. The molecular weight excluding hydrogens is 332 g/mol. The molecule has 0 aliphatic heterocycles. The Balaban J connectivity index is 1.76. The number of aliphatic hydroxyl groups excluding tert-OH is 1. The summed E-state index contributed by atoms with van der Waals surface area (Å²) in [6.07, 6.45) is -1.17. The van der Waals surface area contributed by atoms with E-state index in [1.54, 1.807) is 48.5 Å². The van der Waals surface area contributed by atoms with Crippen LogP contribution in [0.5, 0.6) is 11.5 Å². The molecule has 0 aliphatic carbocycles. The summed E-state index contributed by atoms with van der Waals surface area (Å²) in [6.45, 7) is 6.75. The lowest BCUT2D eigenvalue weighted by Crippen LogP contribution is -2.42. The second kappa shape index (κ2) is 9.22. The Labute approximate surface area is 154 Å². The van der Waals surface area contributed by atoms with Crippen molar-refractivity contribution in [3.63, 3.8) is 0 Å². The van der Waals surface area contributed by atoms with Crippen molar-refractivity contribution in [2.45, 2.75) is 32.4 Å². The Morgan fingerprint density at radius 1 is 1.04 bits per heavy atom. The highest BCUT2D eigenvalue weighted by molar-refractivity contribution is 5.86. The van der Waals surface area contributed by atoms with Crippen LogP contribution in [0.1, 0.15) is 20.8 Å². The van der Waals surface area contributed by atoms with E-state index in [0.717, 1.165) is 0 Å². The molecule has 26 heavy (non-hydrogen) atoms. The zero-order chi connectivity index (χ0) is 19.0. The normalized spacial score (nSPS) is 12.3. The Morgan fingerprint density at radius 3 is 2.31 bits per heavy atom. The summed E-state index contributed by atoms with van der Waals surface area (Å²) in [6, 6.07) is 15.7. The van der Waals surface area contributed by atoms with Crippen LogP contribution >= 0.6 is 0 Å². The molecule has 2 rings (SSSR count). The molecule has 1 amide bonds. The molecule has 1 unspecified atom stereocenters. The minimum Gasteiger partial charge on any atom is -0.491 e. The molecule has 6 heteroatoms. The van der Waals surface area contributed by atoms with Gasteiger partial charge in [-0.1, -0.05) is 18.2 Å². The third kappa shape index (κ3) is 7.55. The van der Waals surface area contributed by atoms with Crippen LogP contribution in [-0.2, 0) is 0 Å². The van der Waals surface area contributed by atoms with Gasteiger partial charge in [0, 0.05) is 17.8 Å². The van der Waals surface area contributed by atoms with Gasteiger partial charge in [0.2, 0.25) is 0 Å². The molecule has 0 saturated heterocycles. The van der Waals surface area contributed by atoms with Gasteiger partial charge < -0.3 is 19.9 Å². The molecule has 1 atom stereocenters. The third-order valence-corrected chi connectivity index (χ3v) is 3.36. The number of amides is 1. The van der Waals surface area contributed by atoms with Gasteiger partial charge in [-0.15, -0.1) is 0 Å². The van der Waals surface area contributed by atoms with Gasteiger partial charge in [-0.2, -0.15) is 0 Å². The van der Waals surface area contributed by atoms with Crippen molar-refractivity contribution in [3.8, 4) is 11.5 Å². The van der Waals surface area contributed by atoms with Crippen molar-refractivity contribution in [1.82, 2.24) is 5.32 Å². The van der Waals surface area contributed by atoms with Crippen LogP contribution in [0.3, 0.4) is 0 Å². The predicted octanol–water partition coefficient (Wildman–Crippen LogP) is 3.43. The molecule has 0 fully saturated rings. The van der Waals surface area contributed by atoms with Gasteiger partial charge in [0.25, 0.3) is 0 Å². The highest BCUT2D eigenvalue weighted by Gasteiger charge is 2.12. The van der Waals surface area contributed by atoms with E-state index in [4.69, 9.17) is 9.47 Å². The number of β-amino-alcohol motifs (C(OH)–C–C–N with tert-alkyl or cyclic N) is 1. The van der Waals surface area contributed by atoms with E-state index in [9.17, 15) is 9.90 Å². The zero-order valence-electron chi connectivity index (χ0n) is 15.4. The average Bonchev–Trinajstić information content (AvgIpc) is 2.59. The fourth-order valence-corrected chi connectivity index (χ4v) is 2.05. The van der Waals surface area contributed by atoms with Gasteiger partial charge in [0.15, 0.2) is 0 Å². The average molecular weight is 358 g/mol. The van der Waals surface area contributed by atoms with Gasteiger partial charge >= 0.3 is 6.09 Å². The van der Waals surface area contributed by atoms with Crippen molar-refractivity contribution >= 4 is 11.8 Å². The Hall–Kier alpha value is -2.57. The van der Waals surface area contributed by atoms with Crippen molar-refractivity contribution in [2.24, 2.45) is 0 Å².